The normalized spacial score (nSPS) is 12.4. The first-order valence-corrected chi connectivity index (χ1v) is 8.38. The van der Waals surface area contributed by atoms with E-state index in [1.54, 1.807) is 12.1 Å². The molecule has 3 nitrogen and oxygen atoms in total. The number of hydrogen-bond donors (Lipinski definition) is 1. The molecule has 1 N–H and O–H groups in total. The lowest BCUT2D eigenvalue weighted by Gasteiger charge is -2.15. The van der Waals surface area contributed by atoms with Crippen molar-refractivity contribution in [2.45, 2.75) is 30.8 Å². The van der Waals surface area contributed by atoms with Gasteiger partial charge in [0.05, 0.1) is 10.5 Å². The van der Waals surface area contributed by atoms with Crippen LogP contribution >= 0.6 is 0 Å². The Morgan fingerprint density at radius 2 is 1.65 bits per heavy atom. The molecule has 0 atom stereocenters. The molecule has 0 aliphatic heterocycles. The SMILES string of the molecule is CC(C)c1cccc(NS(=O)(=O)c2ccccc2C(F)(F)F)c1. The minimum atomic E-state index is -4.74. The van der Waals surface area contributed by atoms with E-state index in [2.05, 4.69) is 4.72 Å². The van der Waals surface area contributed by atoms with Crippen molar-refractivity contribution in [3.8, 4) is 0 Å². The Morgan fingerprint density at radius 3 is 2.26 bits per heavy atom. The maximum atomic E-state index is 13.0. The van der Waals surface area contributed by atoms with Crippen molar-refractivity contribution < 1.29 is 21.6 Å². The summed E-state index contributed by atoms with van der Waals surface area (Å²) in [6.07, 6.45) is -4.74. The number of sulfonamides is 1. The van der Waals surface area contributed by atoms with E-state index in [-0.39, 0.29) is 11.6 Å². The van der Waals surface area contributed by atoms with E-state index in [9.17, 15) is 21.6 Å². The van der Waals surface area contributed by atoms with E-state index in [0.29, 0.717) is 0 Å². The standard InChI is InChI=1S/C16H16F3NO2S/c1-11(2)12-6-5-7-13(10-12)20-23(21,22)15-9-4-3-8-14(15)16(17,18)19/h3-11,20H,1-2H3. The predicted octanol–water partition coefficient (Wildman–Crippen LogP) is 4.63. The molecule has 7 heteroatoms. The molecule has 0 unspecified atom stereocenters. The zero-order chi connectivity index (χ0) is 17.3. The number of nitrogens with one attached hydrogen (secondary N) is 1. The van der Waals surface area contributed by atoms with Gasteiger partial charge in [0.1, 0.15) is 0 Å². The van der Waals surface area contributed by atoms with Crippen molar-refractivity contribution in [3.05, 3.63) is 59.7 Å². The molecule has 23 heavy (non-hydrogen) atoms. The van der Waals surface area contributed by atoms with Gasteiger partial charge in [-0.05, 0) is 35.7 Å². The molecule has 0 bridgehead atoms. The Labute approximate surface area is 133 Å². The van der Waals surface area contributed by atoms with Crippen LogP contribution in [0.25, 0.3) is 0 Å². The lowest BCUT2D eigenvalue weighted by molar-refractivity contribution is -0.139. The molecular weight excluding hydrogens is 327 g/mol. The molecule has 2 aromatic rings. The summed E-state index contributed by atoms with van der Waals surface area (Å²) in [6.45, 7) is 3.87. The maximum absolute atomic E-state index is 13.0. The Bertz CT molecular complexity index is 799. The molecule has 0 spiro atoms. The number of alkyl halides is 3. The number of halogens is 3. The van der Waals surface area contributed by atoms with Crippen molar-refractivity contribution in [1.82, 2.24) is 0 Å². The highest BCUT2D eigenvalue weighted by Gasteiger charge is 2.36. The first-order chi connectivity index (χ1) is 10.6. The first-order valence-electron chi connectivity index (χ1n) is 6.90. The molecule has 0 radical (unpaired) electrons. The predicted molar refractivity (Wildman–Crippen MR) is 82.8 cm³/mol. The van der Waals surface area contributed by atoms with Gasteiger partial charge in [0.15, 0.2) is 0 Å². The topological polar surface area (TPSA) is 46.2 Å². The summed E-state index contributed by atoms with van der Waals surface area (Å²) in [7, 11) is -4.34. The fourth-order valence-corrected chi connectivity index (χ4v) is 3.38. The van der Waals surface area contributed by atoms with Gasteiger partial charge < -0.3 is 0 Å². The van der Waals surface area contributed by atoms with Crippen LogP contribution in [0.5, 0.6) is 0 Å². The van der Waals surface area contributed by atoms with E-state index in [1.807, 2.05) is 19.9 Å². The number of anilines is 1. The third-order valence-electron chi connectivity index (χ3n) is 3.29. The van der Waals surface area contributed by atoms with Crippen molar-refractivity contribution in [2.24, 2.45) is 0 Å². The van der Waals surface area contributed by atoms with Crippen molar-refractivity contribution in [3.63, 3.8) is 0 Å². The van der Waals surface area contributed by atoms with Gasteiger partial charge in [-0.1, -0.05) is 38.1 Å². The Hall–Kier alpha value is -2.02. The summed E-state index contributed by atoms with van der Waals surface area (Å²) in [4.78, 5) is -0.789. The molecule has 0 saturated carbocycles. The average molecular weight is 343 g/mol. The Morgan fingerprint density at radius 1 is 1.00 bits per heavy atom. The molecule has 0 aliphatic carbocycles. The number of hydrogen-bond acceptors (Lipinski definition) is 2. The van der Waals surface area contributed by atoms with Gasteiger partial charge in [-0.25, -0.2) is 8.42 Å². The van der Waals surface area contributed by atoms with Gasteiger partial charge in [-0.2, -0.15) is 13.2 Å². The van der Waals surface area contributed by atoms with Gasteiger partial charge in [-0.3, -0.25) is 4.72 Å². The van der Waals surface area contributed by atoms with E-state index in [0.717, 1.165) is 23.8 Å². The van der Waals surface area contributed by atoms with Crippen LogP contribution in [0.15, 0.2) is 53.4 Å². The monoisotopic (exact) mass is 343 g/mol. The lowest BCUT2D eigenvalue weighted by atomic mass is 10.0. The fourth-order valence-electron chi connectivity index (χ4n) is 2.11. The van der Waals surface area contributed by atoms with Crippen LogP contribution in [0.2, 0.25) is 0 Å². The maximum Gasteiger partial charge on any atom is 0.417 e. The molecule has 0 aliphatic rings. The summed E-state index contributed by atoms with van der Waals surface area (Å²) < 4.78 is 65.9. The summed E-state index contributed by atoms with van der Waals surface area (Å²) >= 11 is 0. The minimum Gasteiger partial charge on any atom is -0.280 e. The largest absolute Gasteiger partial charge is 0.417 e. The van der Waals surface area contributed by atoms with Crippen LogP contribution < -0.4 is 4.72 Å². The Kier molecular flexibility index (Phi) is 4.70. The van der Waals surface area contributed by atoms with E-state index < -0.39 is 26.7 Å². The molecule has 0 aromatic heterocycles. The zero-order valence-corrected chi connectivity index (χ0v) is 13.4. The van der Waals surface area contributed by atoms with Crippen molar-refractivity contribution in [1.29, 1.82) is 0 Å². The van der Waals surface area contributed by atoms with E-state index >= 15 is 0 Å². The summed E-state index contributed by atoms with van der Waals surface area (Å²) in [5.74, 6) is 0.168. The summed E-state index contributed by atoms with van der Waals surface area (Å²) in [6, 6.07) is 10.7. The minimum absolute atomic E-state index is 0.168. The summed E-state index contributed by atoms with van der Waals surface area (Å²) in [5.41, 5.74) is -0.0741. The van der Waals surface area contributed by atoms with Gasteiger partial charge in [0, 0.05) is 5.69 Å². The van der Waals surface area contributed by atoms with E-state index in [1.165, 1.54) is 12.1 Å². The molecule has 0 amide bonds. The van der Waals surface area contributed by atoms with Crippen LogP contribution in [-0.4, -0.2) is 8.42 Å². The van der Waals surface area contributed by atoms with Crippen LogP contribution in [0.1, 0.15) is 30.9 Å². The molecule has 0 saturated heterocycles. The molecule has 0 heterocycles. The smallest absolute Gasteiger partial charge is 0.280 e. The quantitative estimate of drug-likeness (QED) is 0.880. The lowest BCUT2D eigenvalue weighted by Crippen LogP contribution is -2.19. The number of benzene rings is 2. The van der Waals surface area contributed by atoms with Crippen molar-refractivity contribution in [2.75, 3.05) is 4.72 Å². The van der Waals surface area contributed by atoms with Gasteiger partial charge in [-0.15, -0.1) is 0 Å². The van der Waals surface area contributed by atoms with Crippen LogP contribution in [0.3, 0.4) is 0 Å². The second kappa shape index (κ2) is 6.23. The second-order valence-electron chi connectivity index (χ2n) is 5.38. The molecule has 2 rings (SSSR count). The van der Waals surface area contributed by atoms with Gasteiger partial charge in [0.2, 0.25) is 0 Å². The van der Waals surface area contributed by atoms with Crippen molar-refractivity contribution >= 4 is 15.7 Å². The molecular formula is C16H16F3NO2S. The van der Waals surface area contributed by atoms with Gasteiger partial charge in [0.25, 0.3) is 10.0 Å². The average Bonchev–Trinajstić information content (AvgIpc) is 2.46. The van der Waals surface area contributed by atoms with E-state index in [4.69, 9.17) is 0 Å². The number of rotatable bonds is 4. The Balaban J connectivity index is 2.43. The van der Waals surface area contributed by atoms with Gasteiger partial charge >= 0.3 is 6.18 Å². The zero-order valence-electron chi connectivity index (χ0n) is 12.6. The second-order valence-corrected chi connectivity index (χ2v) is 7.03. The highest BCUT2D eigenvalue weighted by atomic mass is 32.2. The molecule has 124 valence electrons. The molecule has 2 aromatic carbocycles. The highest BCUT2D eigenvalue weighted by molar-refractivity contribution is 7.92. The summed E-state index contributed by atoms with van der Waals surface area (Å²) in [5, 5.41) is 0. The first kappa shape index (κ1) is 17.3. The van der Waals surface area contributed by atoms with Crippen LogP contribution in [0, 0.1) is 0 Å². The fraction of sp³-hybridized carbons (Fsp3) is 0.250. The highest BCUT2D eigenvalue weighted by Crippen LogP contribution is 2.34. The molecule has 0 fully saturated rings. The third kappa shape index (κ3) is 4.04. The third-order valence-corrected chi connectivity index (χ3v) is 4.73. The van der Waals surface area contributed by atoms with Crippen LogP contribution in [0.4, 0.5) is 18.9 Å². The van der Waals surface area contributed by atoms with Crippen LogP contribution in [-0.2, 0) is 16.2 Å².